The largest absolute Gasteiger partial charge is 0.354 e. The first kappa shape index (κ1) is 9.74. The molecule has 0 aromatic carbocycles. The van der Waals surface area contributed by atoms with E-state index in [9.17, 15) is 0 Å². The molecule has 3 nitrogen and oxygen atoms in total. The smallest absolute Gasteiger partial charge is 0.131 e. The first-order chi connectivity index (χ1) is 6.77. The van der Waals surface area contributed by atoms with E-state index in [-0.39, 0.29) is 0 Å². The minimum absolute atomic E-state index is 0.710. The minimum Gasteiger partial charge on any atom is -0.354 e. The minimum atomic E-state index is 0.710. The van der Waals surface area contributed by atoms with Crippen molar-refractivity contribution in [1.29, 1.82) is 0 Å². The van der Waals surface area contributed by atoms with Crippen molar-refractivity contribution in [3.8, 4) is 0 Å². The van der Waals surface area contributed by atoms with Crippen LogP contribution in [0.5, 0.6) is 0 Å². The molecule has 4 heteroatoms. The Labute approximate surface area is 89.1 Å². The van der Waals surface area contributed by atoms with Crippen LogP contribution in [0.4, 0.5) is 5.82 Å². The lowest BCUT2D eigenvalue weighted by molar-refractivity contribution is 0.584. The van der Waals surface area contributed by atoms with Gasteiger partial charge in [-0.25, -0.2) is 4.98 Å². The van der Waals surface area contributed by atoms with E-state index in [0.717, 1.165) is 37.6 Å². The number of hydrogen-bond acceptors (Lipinski definition) is 3. The second kappa shape index (κ2) is 4.15. The lowest BCUT2D eigenvalue weighted by Gasteiger charge is -2.29. The van der Waals surface area contributed by atoms with E-state index in [0.29, 0.717) is 5.02 Å². The normalized spacial score (nSPS) is 17.1. The molecular weight excluding hydrogens is 198 g/mol. The molecule has 1 N–H and O–H groups in total. The number of anilines is 1. The predicted molar refractivity (Wildman–Crippen MR) is 59.1 cm³/mol. The molecule has 1 aliphatic heterocycles. The van der Waals surface area contributed by atoms with Gasteiger partial charge in [-0.05, 0) is 18.6 Å². The molecule has 0 bridgehead atoms. The van der Waals surface area contributed by atoms with Gasteiger partial charge >= 0.3 is 0 Å². The Morgan fingerprint density at radius 1 is 1.43 bits per heavy atom. The Bertz CT molecular complexity index is 321. The SMILES string of the molecule is Cc1cc(Cl)cnc1N1CCNCC1. The van der Waals surface area contributed by atoms with Crippen LogP contribution < -0.4 is 10.2 Å². The highest BCUT2D eigenvalue weighted by Gasteiger charge is 2.13. The Morgan fingerprint density at radius 2 is 2.14 bits per heavy atom. The number of aryl methyl sites for hydroxylation is 1. The number of aromatic nitrogens is 1. The Kier molecular flexibility index (Phi) is 2.89. The zero-order valence-corrected chi connectivity index (χ0v) is 9.01. The zero-order chi connectivity index (χ0) is 9.97. The van der Waals surface area contributed by atoms with Gasteiger partial charge in [-0.2, -0.15) is 0 Å². The maximum absolute atomic E-state index is 5.86. The van der Waals surface area contributed by atoms with Crippen molar-refractivity contribution in [2.45, 2.75) is 6.92 Å². The summed E-state index contributed by atoms with van der Waals surface area (Å²) >= 11 is 5.86. The van der Waals surface area contributed by atoms with E-state index in [1.54, 1.807) is 6.20 Å². The summed E-state index contributed by atoms with van der Waals surface area (Å²) in [5.74, 6) is 1.07. The third-order valence-corrected chi connectivity index (χ3v) is 2.64. The molecule has 2 rings (SSSR count). The molecule has 1 aliphatic rings. The summed E-state index contributed by atoms with van der Waals surface area (Å²) in [6.07, 6.45) is 1.71. The van der Waals surface area contributed by atoms with Crippen molar-refractivity contribution in [3.05, 3.63) is 22.8 Å². The summed E-state index contributed by atoms with van der Waals surface area (Å²) in [5.41, 5.74) is 1.15. The summed E-state index contributed by atoms with van der Waals surface area (Å²) in [5, 5.41) is 4.03. The third-order valence-electron chi connectivity index (χ3n) is 2.43. The van der Waals surface area contributed by atoms with Gasteiger partial charge in [0.15, 0.2) is 0 Å². The van der Waals surface area contributed by atoms with E-state index in [4.69, 9.17) is 11.6 Å². The average molecular weight is 212 g/mol. The van der Waals surface area contributed by atoms with Crippen LogP contribution in [0, 0.1) is 6.92 Å². The van der Waals surface area contributed by atoms with Crippen LogP contribution in [0.15, 0.2) is 12.3 Å². The highest BCUT2D eigenvalue weighted by atomic mass is 35.5. The highest BCUT2D eigenvalue weighted by molar-refractivity contribution is 6.30. The number of nitrogens with one attached hydrogen (secondary N) is 1. The maximum Gasteiger partial charge on any atom is 0.131 e. The van der Waals surface area contributed by atoms with Crippen LogP contribution in [-0.2, 0) is 0 Å². The number of piperazine rings is 1. The van der Waals surface area contributed by atoms with Crippen LogP contribution in [0.25, 0.3) is 0 Å². The number of pyridine rings is 1. The van der Waals surface area contributed by atoms with Gasteiger partial charge in [0.25, 0.3) is 0 Å². The van der Waals surface area contributed by atoms with Gasteiger partial charge < -0.3 is 10.2 Å². The summed E-state index contributed by atoms with van der Waals surface area (Å²) in [6, 6.07) is 1.96. The van der Waals surface area contributed by atoms with Gasteiger partial charge in [-0.15, -0.1) is 0 Å². The van der Waals surface area contributed by atoms with Gasteiger partial charge in [0.1, 0.15) is 5.82 Å². The van der Waals surface area contributed by atoms with Crippen LogP contribution in [0.1, 0.15) is 5.56 Å². The Hall–Kier alpha value is -0.800. The molecule has 0 saturated carbocycles. The van der Waals surface area contributed by atoms with Gasteiger partial charge in [0.2, 0.25) is 0 Å². The van der Waals surface area contributed by atoms with Crippen LogP contribution >= 0.6 is 11.6 Å². The highest BCUT2D eigenvalue weighted by Crippen LogP contribution is 2.20. The molecule has 0 unspecified atom stereocenters. The molecule has 0 radical (unpaired) electrons. The van der Waals surface area contributed by atoms with Crippen molar-refractivity contribution in [3.63, 3.8) is 0 Å². The van der Waals surface area contributed by atoms with Crippen molar-refractivity contribution in [2.24, 2.45) is 0 Å². The fourth-order valence-corrected chi connectivity index (χ4v) is 1.95. The molecule has 1 aromatic heterocycles. The van der Waals surface area contributed by atoms with E-state index in [1.165, 1.54) is 0 Å². The topological polar surface area (TPSA) is 28.2 Å². The Morgan fingerprint density at radius 3 is 2.79 bits per heavy atom. The van der Waals surface area contributed by atoms with Crippen molar-refractivity contribution in [1.82, 2.24) is 10.3 Å². The number of rotatable bonds is 1. The van der Waals surface area contributed by atoms with Gasteiger partial charge in [0.05, 0.1) is 5.02 Å². The number of halogens is 1. The van der Waals surface area contributed by atoms with Gasteiger partial charge in [-0.1, -0.05) is 11.6 Å². The van der Waals surface area contributed by atoms with Crippen molar-refractivity contribution < 1.29 is 0 Å². The molecule has 1 saturated heterocycles. The molecule has 76 valence electrons. The molecule has 0 aliphatic carbocycles. The average Bonchev–Trinajstić information content (AvgIpc) is 2.19. The molecule has 0 atom stereocenters. The summed E-state index contributed by atoms with van der Waals surface area (Å²) < 4.78 is 0. The molecule has 1 fully saturated rings. The number of hydrogen-bond donors (Lipinski definition) is 1. The molecule has 0 spiro atoms. The van der Waals surface area contributed by atoms with Crippen molar-refractivity contribution >= 4 is 17.4 Å². The summed E-state index contributed by atoms with van der Waals surface area (Å²) in [6.45, 7) is 6.16. The molecule has 14 heavy (non-hydrogen) atoms. The van der Waals surface area contributed by atoms with Crippen LogP contribution in [0.3, 0.4) is 0 Å². The lowest BCUT2D eigenvalue weighted by Crippen LogP contribution is -2.44. The van der Waals surface area contributed by atoms with Crippen LogP contribution in [-0.4, -0.2) is 31.2 Å². The molecule has 2 heterocycles. The van der Waals surface area contributed by atoms with E-state index >= 15 is 0 Å². The van der Waals surface area contributed by atoms with Gasteiger partial charge in [0, 0.05) is 32.4 Å². The first-order valence-electron chi connectivity index (χ1n) is 4.85. The molecule has 0 amide bonds. The maximum atomic E-state index is 5.86. The Balaban J connectivity index is 2.22. The van der Waals surface area contributed by atoms with E-state index < -0.39 is 0 Å². The zero-order valence-electron chi connectivity index (χ0n) is 8.26. The second-order valence-corrected chi connectivity index (χ2v) is 3.97. The van der Waals surface area contributed by atoms with Gasteiger partial charge in [-0.3, -0.25) is 0 Å². The fraction of sp³-hybridized carbons (Fsp3) is 0.500. The molecule has 1 aromatic rings. The van der Waals surface area contributed by atoms with Crippen molar-refractivity contribution in [2.75, 3.05) is 31.1 Å². The second-order valence-electron chi connectivity index (χ2n) is 3.53. The lowest BCUT2D eigenvalue weighted by atomic mass is 10.2. The van der Waals surface area contributed by atoms with E-state index in [1.807, 2.05) is 6.07 Å². The summed E-state index contributed by atoms with van der Waals surface area (Å²) in [7, 11) is 0. The quantitative estimate of drug-likeness (QED) is 0.762. The van der Waals surface area contributed by atoms with Crippen LogP contribution in [0.2, 0.25) is 5.02 Å². The predicted octanol–water partition coefficient (Wildman–Crippen LogP) is 1.45. The third kappa shape index (κ3) is 1.99. The molecular formula is C10H14ClN3. The monoisotopic (exact) mass is 211 g/mol. The number of nitrogens with zero attached hydrogens (tertiary/aromatic N) is 2. The first-order valence-corrected chi connectivity index (χ1v) is 5.23. The fourth-order valence-electron chi connectivity index (χ4n) is 1.74. The summed E-state index contributed by atoms with van der Waals surface area (Å²) in [4.78, 5) is 6.66. The van der Waals surface area contributed by atoms with E-state index in [2.05, 4.69) is 22.1 Å². The standard InChI is InChI=1S/C10H14ClN3/c1-8-6-9(11)7-13-10(8)14-4-2-12-3-5-14/h6-7,12H,2-5H2,1H3.